The number of ether oxygens (including phenoxy) is 1. The SMILES string of the molecule is CN(CC1(CO)COC1)c1cccc(F)c1. The third-order valence-corrected chi connectivity index (χ3v) is 2.97. The van der Waals surface area contributed by atoms with Crippen molar-refractivity contribution >= 4 is 5.69 Å². The molecule has 88 valence electrons. The number of anilines is 1. The highest BCUT2D eigenvalue weighted by Gasteiger charge is 2.39. The lowest BCUT2D eigenvalue weighted by atomic mass is 9.86. The van der Waals surface area contributed by atoms with Gasteiger partial charge in [0.2, 0.25) is 0 Å². The highest BCUT2D eigenvalue weighted by Crippen LogP contribution is 2.29. The Balaban J connectivity index is 2.05. The van der Waals surface area contributed by atoms with Crippen LogP contribution in [0, 0.1) is 11.2 Å². The van der Waals surface area contributed by atoms with Crippen molar-refractivity contribution in [1.29, 1.82) is 0 Å². The molecule has 1 aliphatic heterocycles. The van der Waals surface area contributed by atoms with Gasteiger partial charge in [-0.25, -0.2) is 4.39 Å². The van der Waals surface area contributed by atoms with Crippen LogP contribution in [-0.2, 0) is 4.74 Å². The molecule has 0 aliphatic carbocycles. The molecule has 0 saturated carbocycles. The molecule has 4 heteroatoms. The Morgan fingerprint density at radius 2 is 2.25 bits per heavy atom. The molecule has 0 radical (unpaired) electrons. The Labute approximate surface area is 94.4 Å². The summed E-state index contributed by atoms with van der Waals surface area (Å²) in [6.45, 7) is 1.92. The number of nitrogens with zero attached hydrogens (tertiary/aromatic N) is 1. The molecule has 1 saturated heterocycles. The maximum atomic E-state index is 13.0. The minimum Gasteiger partial charge on any atom is -0.396 e. The van der Waals surface area contributed by atoms with E-state index in [1.165, 1.54) is 12.1 Å². The van der Waals surface area contributed by atoms with Gasteiger partial charge in [-0.05, 0) is 18.2 Å². The third kappa shape index (κ3) is 2.18. The predicted octanol–water partition coefficient (Wildman–Crippen LogP) is 1.27. The Morgan fingerprint density at radius 3 is 2.75 bits per heavy atom. The van der Waals surface area contributed by atoms with Crippen LogP contribution in [0.3, 0.4) is 0 Å². The van der Waals surface area contributed by atoms with Crippen LogP contribution in [0.2, 0.25) is 0 Å². The van der Waals surface area contributed by atoms with Crippen LogP contribution in [0.5, 0.6) is 0 Å². The van der Waals surface area contributed by atoms with Gasteiger partial charge in [0.1, 0.15) is 5.82 Å². The zero-order chi connectivity index (χ0) is 11.6. The largest absolute Gasteiger partial charge is 0.396 e. The highest BCUT2D eigenvalue weighted by atomic mass is 19.1. The summed E-state index contributed by atoms with van der Waals surface area (Å²) in [6.07, 6.45) is 0. The minimum atomic E-state index is -0.243. The van der Waals surface area contributed by atoms with Gasteiger partial charge in [0.05, 0.1) is 25.2 Å². The quantitative estimate of drug-likeness (QED) is 0.837. The van der Waals surface area contributed by atoms with Crippen molar-refractivity contribution in [2.45, 2.75) is 0 Å². The van der Waals surface area contributed by atoms with Crippen LogP contribution in [0.1, 0.15) is 0 Å². The fourth-order valence-corrected chi connectivity index (χ4v) is 1.93. The number of benzene rings is 1. The summed E-state index contributed by atoms with van der Waals surface area (Å²) in [4.78, 5) is 1.95. The van der Waals surface area contributed by atoms with Crippen LogP contribution in [0.4, 0.5) is 10.1 Å². The maximum Gasteiger partial charge on any atom is 0.125 e. The van der Waals surface area contributed by atoms with Gasteiger partial charge in [0, 0.05) is 19.3 Å². The van der Waals surface area contributed by atoms with Gasteiger partial charge in [-0.3, -0.25) is 0 Å². The average molecular weight is 225 g/mol. The number of aliphatic hydroxyl groups is 1. The van der Waals surface area contributed by atoms with Gasteiger partial charge >= 0.3 is 0 Å². The zero-order valence-corrected chi connectivity index (χ0v) is 9.32. The van der Waals surface area contributed by atoms with Gasteiger partial charge in [-0.15, -0.1) is 0 Å². The summed E-state index contributed by atoms with van der Waals surface area (Å²) in [5, 5.41) is 9.31. The van der Waals surface area contributed by atoms with E-state index in [4.69, 9.17) is 4.74 Å². The first kappa shape index (κ1) is 11.4. The summed E-state index contributed by atoms with van der Waals surface area (Å²) in [5.41, 5.74) is 0.640. The first-order valence-electron chi connectivity index (χ1n) is 5.31. The number of aliphatic hydroxyl groups excluding tert-OH is 1. The normalized spacial score (nSPS) is 17.9. The molecule has 0 unspecified atom stereocenters. The molecule has 2 rings (SSSR count). The third-order valence-electron chi connectivity index (χ3n) is 2.97. The van der Waals surface area contributed by atoms with Crippen molar-refractivity contribution in [1.82, 2.24) is 0 Å². The summed E-state index contributed by atoms with van der Waals surface area (Å²) >= 11 is 0. The first-order valence-corrected chi connectivity index (χ1v) is 5.31. The molecule has 1 heterocycles. The molecule has 1 aromatic carbocycles. The van der Waals surface area contributed by atoms with Crippen molar-refractivity contribution in [2.75, 3.05) is 38.3 Å². The Bertz CT molecular complexity index is 360. The van der Waals surface area contributed by atoms with Crippen molar-refractivity contribution in [2.24, 2.45) is 5.41 Å². The van der Waals surface area contributed by atoms with Gasteiger partial charge in [0.25, 0.3) is 0 Å². The molecule has 0 aromatic heterocycles. The highest BCUT2D eigenvalue weighted by molar-refractivity contribution is 5.45. The van der Waals surface area contributed by atoms with E-state index in [0.717, 1.165) is 5.69 Å². The maximum absolute atomic E-state index is 13.0. The van der Waals surface area contributed by atoms with Crippen LogP contribution in [-0.4, -0.2) is 38.5 Å². The van der Waals surface area contributed by atoms with Crippen molar-refractivity contribution < 1.29 is 14.2 Å². The van der Waals surface area contributed by atoms with E-state index in [-0.39, 0.29) is 17.8 Å². The van der Waals surface area contributed by atoms with Crippen LogP contribution >= 0.6 is 0 Å². The fourth-order valence-electron chi connectivity index (χ4n) is 1.93. The standard InChI is InChI=1S/C12H16FNO2/c1-14(6-12(7-15)8-16-9-12)11-4-2-3-10(13)5-11/h2-5,15H,6-9H2,1H3. The lowest BCUT2D eigenvalue weighted by Gasteiger charge is -2.42. The molecule has 0 atom stereocenters. The first-order chi connectivity index (χ1) is 7.65. The molecular weight excluding hydrogens is 209 g/mol. The van der Waals surface area contributed by atoms with E-state index in [9.17, 15) is 9.50 Å². The van der Waals surface area contributed by atoms with E-state index in [2.05, 4.69) is 0 Å². The summed E-state index contributed by atoms with van der Waals surface area (Å²) < 4.78 is 18.2. The van der Waals surface area contributed by atoms with Crippen molar-refractivity contribution in [3.8, 4) is 0 Å². The van der Waals surface area contributed by atoms with Crippen LogP contribution < -0.4 is 4.90 Å². The Morgan fingerprint density at radius 1 is 1.50 bits per heavy atom. The molecule has 16 heavy (non-hydrogen) atoms. The van der Waals surface area contributed by atoms with Crippen molar-refractivity contribution in [3.05, 3.63) is 30.1 Å². The topological polar surface area (TPSA) is 32.7 Å². The number of rotatable bonds is 4. The second-order valence-electron chi connectivity index (χ2n) is 4.49. The predicted molar refractivity (Wildman–Crippen MR) is 60.0 cm³/mol. The second kappa shape index (κ2) is 4.39. The number of hydrogen-bond acceptors (Lipinski definition) is 3. The lowest BCUT2D eigenvalue weighted by molar-refractivity contribution is -0.130. The molecule has 1 aliphatic rings. The zero-order valence-electron chi connectivity index (χ0n) is 9.32. The number of hydrogen-bond donors (Lipinski definition) is 1. The molecule has 0 spiro atoms. The molecular formula is C12H16FNO2. The van der Waals surface area contributed by atoms with E-state index >= 15 is 0 Å². The van der Waals surface area contributed by atoms with Crippen molar-refractivity contribution in [3.63, 3.8) is 0 Å². The fraction of sp³-hybridized carbons (Fsp3) is 0.500. The van der Waals surface area contributed by atoms with Crippen LogP contribution in [0.15, 0.2) is 24.3 Å². The minimum absolute atomic E-state index is 0.104. The average Bonchev–Trinajstić information content (AvgIpc) is 2.23. The van der Waals surface area contributed by atoms with E-state index in [1.807, 2.05) is 18.0 Å². The summed E-state index contributed by atoms with van der Waals surface area (Å²) in [6, 6.07) is 6.45. The van der Waals surface area contributed by atoms with Crippen LogP contribution in [0.25, 0.3) is 0 Å². The van der Waals surface area contributed by atoms with Gasteiger partial charge < -0.3 is 14.7 Å². The molecule has 1 N–H and O–H groups in total. The van der Waals surface area contributed by atoms with Gasteiger partial charge in [0.15, 0.2) is 0 Å². The second-order valence-corrected chi connectivity index (χ2v) is 4.49. The lowest BCUT2D eigenvalue weighted by Crippen LogP contribution is -2.52. The Kier molecular flexibility index (Phi) is 3.12. The summed E-state index contributed by atoms with van der Waals surface area (Å²) in [7, 11) is 1.89. The molecule has 0 amide bonds. The Hall–Kier alpha value is -1.13. The van der Waals surface area contributed by atoms with E-state index < -0.39 is 0 Å². The molecule has 3 nitrogen and oxygen atoms in total. The monoisotopic (exact) mass is 225 g/mol. The van der Waals surface area contributed by atoms with Gasteiger partial charge in [-0.1, -0.05) is 6.07 Å². The van der Waals surface area contributed by atoms with E-state index in [0.29, 0.717) is 19.8 Å². The number of halogens is 1. The van der Waals surface area contributed by atoms with E-state index in [1.54, 1.807) is 6.07 Å². The summed E-state index contributed by atoms with van der Waals surface area (Å²) in [5.74, 6) is -0.243. The van der Waals surface area contributed by atoms with Gasteiger partial charge in [-0.2, -0.15) is 0 Å². The molecule has 1 aromatic rings. The molecule has 0 bridgehead atoms. The molecule has 1 fully saturated rings. The smallest absolute Gasteiger partial charge is 0.125 e.